The Labute approximate surface area is 193 Å². The van der Waals surface area contributed by atoms with E-state index in [2.05, 4.69) is 5.32 Å². The Morgan fingerprint density at radius 3 is 2.03 bits per heavy atom. The van der Waals surface area contributed by atoms with Crippen LogP contribution in [0.5, 0.6) is 0 Å². The van der Waals surface area contributed by atoms with E-state index in [0.29, 0.717) is 41.3 Å². The SMILES string of the molecule is CCN(Cc1ccccc1)C1=C(c2ccccc2)C(=O)N(c2ccc(NC(C)=O)cc2)C1=O. The summed E-state index contributed by atoms with van der Waals surface area (Å²) in [7, 11) is 0. The van der Waals surface area contributed by atoms with Crippen LogP contribution in [0.25, 0.3) is 5.57 Å². The summed E-state index contributed by atoms with van der Waals surface area (Å²) < 4.78 is 0. The molecule has 0 spiro atoms. The molecule has 0 atom stereocenters. The first kappa shape index (κ1) is 22.0. The summed E-state index contributed by atoms with van der Waals surface area (Å²) >= 11 is 0. The third kappa shape index (κ3) is 4.55. The summed E-state index contributed by atoms with van der Waals surface area (Å²) in [6.45, 7) is 4.48. The first-order valence-electron chi connectivity index (χ1n) is 10.8. The Morgan fingerprint density at radius 2 is 1.45 bits per heavy atom. The summed E-state index contributed by atoms with van der Waals surface area (Å²) in [5, 5.41) is 2.70. The maximum absolute atomic E-state index is 13.7. The maximum atomic E-state index is 13.7. The highest BCUT2D eigenvalue weighted by Crippen LogP contribution is 2.35. The molecule has 6 nitrogen and oxygen atoms in total. The van der Waals surface area contributed by atoms with Gasteiger partial charge < -0.3 is 10.2 Å². The Hall–Kier alpha value is -4.19. The molecule has 1 heterocycles. The molecule has 1 N–H and O–H groups in total. The fourth-order valence-corrected chi connectivity index (χ4v) is 3.96. The van der Waals surface area contributed by atoms with Gasteiger partial charge in [0.1, 0.15) is 5.70 Å². The zero-order chi connectivity index (χ0) is 23.4. The predicted molar refractivity (Wildman–Crippen MR) is 129 cm³/mol. The zero-order valence-electron chi connectivity index (χ0n) is 18.6. The van der Waals surface area contributed by atoms with E-state index < -0.39 is 0 Å². The monoisotopic (exact) mass is 439 g/mol. The van der Waals surface area contributed by atoms with Crippen LogP contribution in [0.2, 0.25) is 0 Å². The van der Waals surface area contributed by atoms with Crippen LogP contribution in [0.15, 0.2) is 90.6 Å². The van der Waals surface area contributed by atoms with Crippen LogP contribution in [0, 0.1) is 0 Å². The van der Waals surface area contributed by atoms with Gasteiger partial charge in [-0.05, 0) is 42.3 Å². The molecule has 3 aromatic rings. The van der Waals surface area contributed by atoms with Gasteiger partial charge in [0.15, 0.2) is 0 Å². The molecule has 33 heavy (non-hydrogen) atoms. The summed E-state index contributed by atoms with van der Waals surface area (Å²) in [5.41, 5.74) is 3.60. The minimum atomic E-state index is -0.361. The molecular weight excluding hydrogens is 414 g/mol. The largest absolute Gasteiger partial charge is 0.362 e. The molecule has 0 fully saturated rings. The molecule has 0 bridgehead atoms. The molecule has 0 radical (unpaired) electrons. The molecule has 166 valence electrons. The van der Waals surface area contributed by atoms with Crippen molar-refractivity contribution in [2.75, 3.05) is 16.8 Å². The minimum Gasteiger partial charge on any atom is -0.362 e. The number of amides is 3. The number of nitrogens with zero attached hydrogens (tertiary/aromatic N) is 2. The molecule has 1 aliphatic heterocycles. The Kier molecular flexibility index (Phi) is 6.36. The number of imide groups is 1. The average molecular weight is 440 g/mol. The fraction of sp³-hybridized carbons (Fsp3) is 0.148. The molecule has 0 aromatic heterocycles. The molecule has 4 rings (SSSR count). The van der Waals surface area contributed by atoms with Crippen molar-refractivity contribution in [1.82, 2.24) is 4.90 Å². The van der Waals surface area contributed by atoms with E-state index >= 15 is 0 Å². The van der Waals surface area contributed by atoms with Crippen LogP contribution in [-0.2, 0) is 20.9 Å². The molecule has 1 aliphatic rings. The Balaban J connectivity index is 1.75. The van der Waals surface area contributed by atoms with Crippen molar-refractivity contribution in [3.8, 4) is 0 Å². The van der Waals surface area contributed by atoms with Gasteiger partial charge in [-0.1, -0.05) is 60.7 Å². The van der Waals surface area contributed by atoms with Gasteiger partial charge in [-0.3, -0.25) is 14.4 Å². The van der Waals surface area contributed by atoms with E-state index in [1.54, 1.807) is 24.3 Å². The lowest BCUT2D eigenvalue weighted by molar-refractivity contribution is -0.121. The number of carbonyl (C=O) groups excluding carboxylic acids is 3. The summed E-state index contributed by atoms with van der Waals surface area (Å²) in [6.07, 6.45) is 0. The lowest BCUT2D eigenvalue weighted by Crippen LogP contribution is -2.35. The second-order valence-corrected chi connectivity index (χ2v) is 7.76. The van der Waals surface area contributed by atoms with Crippen LogP contribution in [0.1, 0.15) is 25.0 Å². The third-order valence-electron chi connectivity index (χ3n) is 5.48. The van der Waals surface area contributed by atoms with Gasteiger partial charge >= 0.3 is 0 Å². The molecule has 0 saturated carbocycles. The normalized spacial score (nSPS) is 13.5. The topological polar surface area (TPSA) is 69.7 Å². The highest BCUT2D eigenvalue weighted by molar-refractivity contribution is 6.45. The number of benzene rings is 3. The number of carbonyl (C=O) groups is 3. The van der Waals surface area contributed by atoms with Gasteiger partial charge in [0.05, 0.1) is 11.3 Å². The van der Waals surface area contributed by atoms with E-state index in [1.807, 2.05) is 72.5 Å². The van der Waals surface area contributed by atoms with Gasteiger partial charge in [-0.15, -0.1) is 0 Å². The molecular formula is C27H25N3O3. The van der Waals surface area contributed by atoms with Crippen molar-refractivity contribution < 1.29 is 14.4 Å². The van der Waals surface area contributed by atoms with E-state index in [1.165, 1.54) is 11.8 Å². The van der Waals surface area contributed by atoms with Crippen LogP contribution in [-0.4, -0.2) is 29.2 Å². The van der Waals surface area contributed by atoms with E-state index in [0.717, 1.165) is 5.56 Å². The molecule has 0 unspecified atom stereocenters. The Morgan fingerprint density at radius 1 is 0.848 bits per heavy atom. The molecule has 6 heteroatoms. The minimum absolute atomic E-state index is 0.189. The smallest absolute Gasteiger partial charge is 0.282 e. The van der Waals surface area contributed by atoms with Crippen LogP contribution < -0.4 is 10.2 Å². The van der Waals surface area contributed by atoms with Crippen LogP contribution in [0.4, 0.5) is 11.4 Å². The van der Waals surface area contributed by atoms with Crippen molar-refractivity contribution in [2.45, 2.75) is 20.4 Å². The quantitative estimate of drug-likeness (QED) is 0.552. The van der Waals surface area contributed by atoms with Gasteiger partial charge in [0, 0.05) is 25.7 Å². The van der Waals surface area contributed by atoms with Crippen molar-refractivity contribution >= 4 is 34.7 Å². The lowest BCUT2D eigenvalue weighted by atomic mass is 10.0. The number of anilines is 2. The summed E-state index contributed by atoms with van der Waals surface area (Å²) in [4.78, 5) is 41.8. The van der Waals surface area contributed by atoms with Crippen molar-refractivity contribution in [3.63, 3.8) is 0 Å². The van der Waals surface area contributed by atoms with E-state index in [-0.39, 0.29) is 17.7 Å². The van der Waals surface area contributed by atoms with Gasteiger partial charge in [0.2, 0.25) is 5.91 Å². The van der Waals surface area contributed by atoms with E-state index in [4.69, 9.17) is 0 Å². The second-order valence-electron chi connectivity index (χ2n) is 7.76. The highest BCUT2D eigenvalue weighted by Gasteiger charge is 2.42. The van der Waals surface area contributed by atoms with Crippen LogP contribution >= 0.6 is 0 Å². The first-order chi connectivity index (χ1) is 16.0. The standard InChI is InChI=1S/C27H25N3O3/c1-3-29(18-20-10-6-4-7-11-20)25-24(21-12-8-5-9-13-21)26(32)30(27(25)33)23-16-14-22(15-17-23)28-19(2)31/h4-17H,3,18H2,1-2H3,(H,28,31). The number of likely N-dealkylation sites (N-methyl/N-ethyl adjacent to an activating group) is 1. The zero-order valence-corrected chi connectivity index (χ0v) is 18.6. The lowest BCUT2D eigenvalue weighted by Gasteiger charge is -2.25. The maximum Gasteiger partial charge on any atom is 0.282 e. The summed E-state index contributed by atoms with van der Waals surface area (Å²) in [5.74, 6) is -0.908. The number of hydrogen-bond donors (Lipinski definition) is 1. The van der Waals surface area contributed by atoms with Crippen LogP contribution in [0.3, 0.4) is 0 Å². The highest BCUT2D eigenvalue weighted by atomic mass is 16.2. The Bertz CT molecular complexity index is 1200. The average Bonchev–Trinajstić information content (AvgIpc) is 3.09. The van der Waals surface area contributed by atoms with Crippen molar-refractivity contribution in [2.24, 2.45) is 0 Å². The van der Waals surface area contributed by atoms with Gasteiger partial charge in [0.25, 0.3) is 11.8 Å². The molecule has 0 saturated heterocycles. The predicted octanol–water partition coefficient (Wildman–Crippen LogP) is 4.45. The second kappa shape index (κ2) is 9.53. The molecule has 3 aromatic carbocycles. The number of hydrogen-bond acceptors (Lipinski definition) is 4. The first-order valence-corrected chi connectivity index (χ1v) is 10.8. The van der Waals surface area contributed by atoms with Crippen molar-refractivity contribution in [3.05, 3.63) is 102 Å². The van der Waals surface area contributed by atoms with E-state index in [9.17, 15) is 14.4 Å². The van der Waals surface area contributed by atoms with Gasteiger partial charge in [-0.2, -0.15) is 0 Å². The molecule has 3 amide bonds. The fourth-order valence-electron chi connectivity index (χ4n) is 3.96. The number of nitrogens with one attached hydrogen (secondary N) is 1. The van der Waals surface area contributed by atoms with Gasteiger partial charge in [-0.25, -0.2) is 4.90 Å². The van der Waals surface area contributed by atoms with Crippen molar-refractivity contribution in [1.29, 1.82) is 0 Å². The number of rotatable bonds is 7. The molecule has 0 aliphatic carbocycles. The third-order valence-corrected chi connectivity index (χ3v) is 5.48. The summed E-state index contributed by atoms with van der Waals surface area (Å²) in [6, 6.07) is 25.9.